The fraction of sp³-hybridized carbons (Fsp3) is 0.174. The van der Waals surface area contributed by atoms with E-state index in [1.807, 2.05) is 72.8 Å². The minimum atomic E-state index is -0.692. The Morgan fingerprint density at radius 1 is 0.889 bits per heavy atom. The van der Waals surface area contributed by atoms with Gasteiger partial charge < -0.3 is 15.2 Å². The van der Waals surface area contributed by atoms with Crippen LogP contribution in [0.25, 0.3) is 0 Å². The standard InChI is InChI=1S/C23H23NO3/c25-20-15-13-18(14-16-20)8-7-17-24-23(26)22(19-9-3-1-4-10-19)27-21-11-5-2-6-12-21/h1-6,9-16,22,25H,7-8,17H2,(H,24,26). The Labute approximate surface area is 159 Å². The molecule has 3 aromatic carbocycles. The van der Waals surface area contributed by atoms with Gasteiger partial charge in [0.2, 0.25) is 6.10 Å². The summed E-state index contributed by atoms with van der Waals surface area (Å²) in [6.45, 7) is 0.557. The van der Waals surface area contributed by atoms with E-state index in [-0.39, 0.29) is 11.7 Å². The SMILES string of the molecule is O=C(NCCCc1ccc(O)cc1)C(Oc1ccccc1)c1ccccc1. The van der Waals surface area contributed by atoms with E-state index in [9.17, 15) is 9.90 Å². The van der Waals surface area contributed by atoms with E-state index < -0.39 is 6.10 Å². The number of ether oxygens (including phenoxy) is 1. The van der Waals surface area contributed by atoms with Crippen molar-refractivity contribution in [1.82, 2.24) is 5.32 Å². The molecule has 1 atom stereocenters. The molecule has 138 valence electrons. The molecular weight excluding hydrogens is 338 g/mol. The number of carbonyl (C=O) groups excluding carboxylic acids is 1. The van der Waals surface area contributed by atoms with Crippen LogP contribution >= 0.6 is 0 Å². The molecule has 4 heteroatoms. The quantitative estimate of drug-likeness (QED) is 0.589. The lowest BCUT2D eigenvalue weighted by atomic mass is 10.1. The number of rotatable bonds is 8. The molecule has 4 nitrogen and oxygen atoms in total. The predicted octanol–water partition coefficient (Wildman–Crippen LogP) is 4.26. The third-order valence-electron chi connectivity index (χ3n) is 4.22. The third-order valence-corrected chi connectivity index (χ3v) is 4.22. The van der Waals surface area contributed by atoms with Gasteiger partial charge in [-0.05, 0) is 42.7 Å². The molecule has 0 saturated heterocycles. The van der Waals surface area contributed by atoms with Crippen molar-refractivity contribution in [3.63, 3.8) is 0 Å². The zero-order valence-corrected chi connectivity index (χ0v) is 15.0. The summed E-state index contributed by atoms with van der Waals surface area (Å²) in [7, 11) is 0. The van der Waals surface area contributed by atoms with E-state index in [1.54, 1.807) is 12.1 Å². The Morgan fingerprint density at radius 3 is 2.19 bits per heavy atom. The number of carbonyl (C=O) groups is 1. The van der Waals surface area contributed by atoms with E-state index >= 15 is 0 Å². The fourth-order valence-corrected chi connectivity index (χ4v) is 2.80. The zero-order chi connectivity index (χ0) is 18.9. The molecule has 1 amide bonds. The van der Waals surface area contributed by atoms with Gasteiger partial charge in [0, 0.05) is 12.1 Å². The minimum Gasteiger partial charge on any atom is -0.508 e. The summed E-state index contributed by atoms with van der Waals surface area (Å²) in [6, 6.07) is 26.0. The molecule has 3 rings (SSSR count). The Bertz CT molecular complexity index is 833. The first-order chi connectivity index (χ1) is 13.2. The molecule has 0 fully saturated rings. The summed E-state index contributed by atoms with van der Waals surface area (Å²) in [5.41, 5.74) is 1.94. The number of benzene rings is 3. The first-order valence-electron chi connectivity index (χ1n) is 9.04. The van der Waals surface area contributed by atoms with Crippen LogP contribution in [0.2, 0.25) is 0 Å². The van der Waals surface area contributed by atoms with Crippen LogP contribution in [-0.4, -0.2) is 17.6 Å². The van der Waals surface area contributed by atoms with Crippen molar-refractivity contribution in [2.24, 2.45) is 0 Å². The molecule has 2 N–H and O–H groups in total. The Balaban J connectivity index is 1.58. The van der Waals surface area contributed by atoms with Gasteiger partial charge in [-0.3, -0.25) is 4.79 Å². The number of phenols is 1. The van der Waals surface area contributed by atoms with Crippen molar-refractivity contribution in [3.05, 3.63) is 96.1 Å². The number of aromatic hydroxyl groups is 1. The average Bonchev–Trinajstić information content (AvgIpc) is 2.72. The van der Waals surface area contributed by atoms with E-state index in [2.05, 4.69) is 5.32 Å². The van der Waals surface area contributed by atoms with Crippen LogP contribution in [0.1, 0.15) is 23.7 Å². The number of amides is 1. The highest BCUT2D eigenvalue weighted by atomic mass is 16.5. The van der Waals surface area contributed by atoms with Gasteiger partial charge in [-0.25, -0.2) is 0 Å². The second-order valence-electron chi connectivity index (χ2n) is 6.28. The van der Waals surface area contributed by atoms with E-state index in [1.165, 1.54) is 0 Å². The molecule has 0 heterocycles. The van der Waals surface area contributed by atoms with Crippen LogP contribution in [0.5, 0.6) is 11.5 Å². The maximum atomic E-state index is 12.7. The average molecular weight is 361 g/mol. The van der Waals surface area contributed by atoms with Crippen LogP contribution in [0.4, 0.5) is 0 Å². The lowest BCUT2D eigenvalue weighted by Crippen LogP contribution is -2.33. The minimum absolute atomic E-state index is 0.157. The Morgan fingerprint density at radius 2 is 1.52 bits per heavy atom. The van der Waals surface area contributed by atoms with Gasteiger partial charge in [0.1, 0.15) is 11.5 Å². The number of aryl methyl sites for hydroxylation is 1. The van der Waals surface area contributed by atoms with Crippen molar-refractivity contribution >= 4 is 5.91 Å². The van der Waals surface area contributed by atoms with Gasteiger partial charge in [-0.2, -0.15) is 0 Å². The molecular formula is C23H23NO3. The highest BCUT2D eigenvalue weighted by Gasteiger charge is 2.22. The van der Waals surface area contributed by atoms with Crippen molar-refractivity contribution in [2.45, 2.75) is 18.9 Å². The summed E-state index contributed by atoms with van der Waals surface area (Å²) in [5, 5.41) is 12.3. The molecule has 0 aliphatic heterocycles. The first kappa shape index (κ1) is 18.5. The van der Waals surface area contributed by atoms with Crippen LogP contribution in [0.3, 0.4) is 0 Å². The van der Waals surface area contributed by atoms with Crippen LogP contribution < -0.4 is 10.1 Å². The number of nitrogens with one attached hydrogen (secondary N) is 1. The molecule has 0 radical (unpaired) electrons. The van der Waals surface area contributed by atoms with Gasteiger partial charge in [0.25, 0.3) is 5.91 Å². The first-order valence-corrected chi connectivity index (χ1v) is 9.04. The van der Waals surface area contributed by atoms with E-state index in [0.717, 1.165) is 24.0 Å². The van der Waals surface area contributed by atoms with Crippen molar-refractivity contribution in [3.8, 4) is 11.5 Å². The lowest BCUT2D eigenvalue weighted by Gasteiger charge is -2.19. The zero-order valence-electron chi connectivity index (χ0n) is 15.0. The summed E-state index contributed by atoms with van der Waals surface area (Å²) >= 11 is 0. The highest BCUT2D eigenvalue weighted by molar-refractivity contribution is 5.82. The number of hydrogen-bond donors (Lipinski definition) is 2. The summed E-state index contributed by atoms with van der Waals surface area (Å²) in [4.78, 5) is 12.7. The largest absolute Gasteiger partial charge is 0.508 e. The molecule has 0 spiro atoms. The topological polar surface area (TPSA) is 58.6 Å². The highest BCUT2D eigenvalue weighted by Crippen LogP contribution is 2.22. The second kappa shape index (κ2) is 9.43. The monoisotopic (exact) mass is 361 g/mol. The lowest BCUT2D eigenvalue weighted by molar-refractivity contribution is -0.128. The number of para-hydroxylation sites is 1. The molecule has 1 unspecified atom stereocenters. The van der Waals surface area contributed by atoms with Gasteiger partial charge in [0.15, 0.2) is 0 Å². The van der Waals surface area contributed by atoms with Gasteiger partial charge in [-0.1, -0.05) is 60.7 Å². The second-order valence-corrected chi connectivity index (χ2v) is 6.28. The van der Waals surface area contributed by atoms with Crippen LogP contribution in [0.15, 0.2) is 84.9 Å². The van der Waals surface area contributed by atoms with Crippen LogP contribution in [-0.2, 0) is 11.2 Å². The third kappa shape index (κ3) is 5.61. The number of phenolic OH excluding ortho intramolecular Hbond substituents is 1. The molecule has 0 saturated carbocycles. The maximum absolute atomic E-state index is 12.7. The fourth-order valence-electron chi connectivity index (χ4n) is 2.80. The van der Waals surface area contributed by atoms with Crippen molar-refractivity contribution < 1.29 is 14.6 Å². The molecule has 3 aromatic rings. The van der Waals surface area contributed by atoms with Crippen molar-refractivity contribution in [2.75, 3.05) is 6.54 Å². The van der Waals surface area contributed by atoms with Gasteiger partial charge in [0.05, 0.1) is 0 Å². The molecule has 0 aliphatic carbocycles. The van der Waals surface area contributed by atoms with E-state index in [0.29, 0.717) is 12.3 Å². The normalized spacial score (nSPS) is 11.6. The van der Waals surface area contributed by atoms with Crippen molar-refractivity contribution in [1.29, 1.82) is 0 Å². The summed E-state index contributed by atoms with van der Waals surface area (Å²) in [6.07, 6.45) is 0.946. The van der Waals surface area contributed by atoms with E-state index in [4.69, 9.17) is 4.74 Å². The molecule has 0 aromatic heterocycles. The Kier molecular flexibility index (Phi) is 6.47. The van der Waals surface area contributed by atoms with Crippen LogP contribution in [0, 0.1) is 0 Å². The summed E-state index contributed by atoms with van der Waals surface area (Å²) in [5.74, 6) is 0.761. The number of hydrogen-bond acceptors (Lipinski definition) is 3. The molecule has 0 aliphatic rings. The smallest absolute Gasteiger partial charge is 0.265 e. The Hall–Kier alpha value is -3.27. The molecule has 0 bridgehead atoms. The van der Waals surface area contributed by atoms with Gasteiger partial charge in [-0.15, -0.1) is 0 Å². The molecule has 27 heavy (non-hydrogen) atoms. The maximum Gasteiger partial charge on any atom is 0.265 e. The summed E-state index contributed by atoms with van der Waals surface area (Å²) < 4.78 is 5.95. The predicted molar refractivity (Wildman–Crippen MR) is 106 cm³/mol. The van der Waals surface area contributed by atoms with Gasteiger partial charge >= 0.3 is 0 Å².